The third kappa shape index (κ3) is 5.20. The van der Waals surface area contributed by atoms with Gasteiger partial charge in [-0.2, -0.15) is 0 Å². The molecule has 1 unspecified atom stereocenters. The summed E-state index contributed by atoms with van der Waals surface area (Å²) >= 11 is 0. The van der Waals surface area contributed by atoms with Gasteiger partial charge in [0, 0.05) is 6.04 Å². The van der Waals surface area contributed by atoms with Gasteiger partial charge in [0.2, 0.25) is 0 Å². The summed E-state index contributed by atoms with van der Waals surface area (Å²) in [5.41, 5.74) is 1.24. The zero-order valence-electron chi connectivity index (χ0n) is 12.6. The van der Waals surface area contributed by atoms with Crippen LogP contribution >= 0.6 is 0 Å². The number of carbonyl (C=O) groups excluding carboxylic acids is 1. The number of amides is 1. The van der Waals surface area contributed by atoms with Crippen LogP contribution in [0.25, 0.3) is 0 Å². The number of hydrogen-bond acceptors (Lipinski definition) is 2. The number of halogens is 1. The molecule has 0 saturated heterocycles. The molecule has 2 aromatic carbocycles. The quantitative estimate of drug-likeness (QED) is 0.852. The Morgan fingerprint density at radius 1 is 1.14 bits per heavy atom. The maximum atomic E-state index is 13.4. The van der Waals surface area contributed by atoms with Crippen molar-refractivity contribution in [1.82, 2.24) is 5.32 Å². The van der Waals surface area contributed by atoms with Crippen molar-refractivity contribution in [3.63, 3.8) is 0 Å². The van der Waals surface area contributed by atoms with E-state index in [0.717, 1.165) is 12.8 Å². The Bertz CT molecular complexity index is 601. The third-order valence-electron chi connectivity index (χ3n) is 3.31. The molecule has 0 aromatic heterocycles. The molecule has 3 nitrogen and oxygen atoms in total. The number of aryl methyl sites for hydroxylation is 1. The second kappa shape index (κ2) is 8.17. The average molecular weight is 301 g/mol. The Labute approximate surface area is 130 Å². The minimum Gasteiger partial charge on any atom is -0.481 e. The van der Waals surface area contributed by atoms with Crippen molar-refractivity contribution in [2.45, 2.75) is 25.8 Å². The first-order valence-corrected chi connectivity index (χ1v) is 7.36. The SMILES string of the molecule is CC(CCc1ccccc1)NC(=O)COc1ccccc1F. The van der Waals surface area contributed by atoms with Crippen LogP contribution in [0.3, 0.4) is 0 Å². The summed E-state index contributed by atoms with van der Waals surface area (Å²) < 4.78 is 18.5. The van der Waals surface area contributed by atoms with E-state index in [-0.39, 0.29) is 24.3 Å². The maximum absolute atomic E-state index is 13.4. The van der Waals surface area contributed by atoms with E-state index < -0.39 is 5.82 Å². The molecule has 2 rings (SSSR count). The molecule has 1 N–H and O–H groups in total. The lowest BCUT2D eigenvalue weighted by molar-refractivity contribution is -0.123. The van der Waals surface area contributed by atoms with E-state index in [1.165, 1.54) is 17.7 Å². The molecular formula is C18H20FNO2. The van der Waals surface area contributed by atoms with Crippen molar-refractivity contribution < 1.29 is 13.9 Å². The largest absolute Gasteiger partial charge is 0.481 e. The summed E-state index contributed by atoms with van der Waals surface area (Å²) in [4.78, 5) is 11.8. The third-order valence-corrected chi connectivity index (χ3v) is 3.31. The van der Waals surface area contributed by atoms with Gasteiger partial charge in [0.25, 0.3) is 5.91 Å². The van der Waals surface area contributed by atoms with Crippen LogP contribution in [0.15, 0.2) is 54.6 Å². The lowest BCUT2D eigenvalue weighted by atomic mass is 10.1. The Kier molecular flexibility index (Phi) is 5.95. The van der Waals surface area contributed by atoms with E-state index in [0.29, 0.717) is 0 Å². The van der Waals surface area contributed by atoms with E-state index in [2.05, 4.69) is 17.4 Å². The van der Waals surface area contributed by atoms with Crippen molar-refractivity contribution in [3.8, 4) is 5.75 Å². The summed E-state index contributed by atoms with van der Waals surface area (Å²) in [5, 5.41) is 2.85. The monoisotopic (exact) mass is 301 g/mol. The second-order valence-corrected chi connectivity index (χ2v) is 5.21. The first kappa shape index (κ1) is 16.0. The standard InChI is InChI=1S/C18H20FNO2/c1-14(11-12-15-7-3-2-4-8-15)20-18(21)13-22-17-10-6-5-9-16(17)19/h2-10,14H,11-13H2,1H3,(H,20,21). The number of rotatable bonds is 7. The number of ether oxygens (including phenoxy) is 1. The minimum absolute atomic E-state index is 0.0388. The van der Waals surface area contributed by atoms with Crippen LogP contribution < -0.4 is 10.1 Å². The molecule has 2 aromatic rings. The van der Waals surface area contributed by atoms with Gasteiger partial charge in [0.1, 0.15) is 0 Å². The Hall–Kier alpha value is -2.36. The number of carbonyl (C=O) groups is 1. The van der Waals surface area contributed by atoms with Crippen LogP contribution in [0.5, 0.6) is 5.75 Å². The zero-order valence-corrected chi connectivity index (χ0v) is 12.6. The highest BCUT2D eigenvalue weighted by atomic mass is 19.1. The first-order chi connectivity index (χ1) is 10.6. The van der Waals surface area contributed by atoms with Crippen LogP contribution in [-0.4, -0.2) is 18.6 Å². The molecule has 0 radical (unpaired) electrons. The predicted molar refractivity (Wildman–Crippen MR) is 84.3 cm³/mol. The fraction of sp³-hybridized carbons (Fsp3) is 0.278. The number of benzene rings is 2. The molecule has 0 spiro atoms. The molecule has 0 fully saturated rings. The average Bonchev–Trinajstić information content (AvgIpc) is 2.53. The molecule has 0 heterocycles. The van der Waals surface area contributed by atoms with E-state index >= 15 is 0 Å². The van der Waals surface area contributed by atoms with Gasteiger partial charge in [-0.1, -0.05) is 42.5 Å². The van der Waals surface area contributed by atoms with Crippen LogP contribution in [0.4, 0.5) is 4.39 Å². The molecule has 4 heteroatoms. The molecule has 1 atom stereocenters. The highest BCUT2D eigenvalue weighted by Crippen LogP contribution is 2.14. The topological polar surface area (TPSA) is 38.3 Å². The number of para-hydroxylation sites is 1. The van der Waals surface area contributed by atoms with Crippen molar-refractivity contribution >= 4 is 5.91 Å². The van der Waals surface area contributed by atoms with Crippen molar-refractivity contribution in [3.05, 3.63) is 66.0 Å². The second-order valence-electron chi connectivity index (χ2n) is 5.21. The Balaban J connectivity index is 1.71. The van der Waals surface area contributed by atoms with Crippen LogP contribution in [0.2, 0.25) is 0 Å². The van der Waals surface area contributed by atoms with Gasteiger partial charge in [-0.25, -0.2) is 4.39 Å². The highest BCUT2D eigenvalue weighted by molar-refractivity contribution is 5.77. The normalized spacial score (nSPS) is 11.7. The van der Waals surface area contributed by atoms with Gasteiger partial charge in [-0.3, -0.25) is 4.79 Å². The minimum atomic E-state index is -0.465. The lowest BCUT2D eigenvalue weighted by Gasteiger charge is -2.14. The molecule has 1 amide bonds. The van der Waals surface area contributed by atoms with Crippen LogP contribution in [0, 0.1) is 5.82 Å². The summed E-state index contributed by atoms with van der Waals surface area (Å²) in [6, 6.07) is 16.2. The fourth-order valence-corrected chi connectivity index (χ4v) is 2.12. The molecule has 0 bridgehead atoms. The summed E-state index contributed by atoms with van der Waals surface area (Å²) in [6.45, 7) is 1.76. The molecule has 0 aliphatic heterocycles. The molecule has 22 heavy (non-hydrogen) atoms. The molecule has 0 aliphatic rings. The summed E-state index contributed by atoms with van der Waals surface area (Å²) in [6.07, 6.45) is 1.74. The van der Waals surface area contributed by atoms with Crippen molar-refractivity contribution in [2.24, 2.45) is 0 Å². The fourth-order valence-electron chi connectivity index (χ4n) is 2.12. The van der Waals surface area contributed by atoms with E-state index in [4.69, 9.17) is 4.74 Å². The highest BCUT2D eigenvalue weighted by Gasteiger charge is 2.09. The maximum Gasteiger partial charge on any atom is 0.258 e. The summed E-state index contributed by atoms with van der Waals surface area (Å²) in [5.74, 6) is -0.620. The first-order valence-electron chi connectivity index (χ1n) is 7.36. The van der Waals surface area contributed by atoms with Gasteiger partial charge < -0.3 is 10.1 Å². The smallest absolute Gasteiger partial charge is 0.258 e. The van der Waals surface area contributed by atoms with Gasteiger partial charge in [-0.15, -0.1) is 0 Å². The van der Waals surface area contributed by atoms with Gasteiger partial charge in [0.15, 0.2) is 18.2 Å². The zero-order chi connectivity index (χ0) is 15.8. The van der Waals surface area contributed by atoms with E-state index in [1.54, 1.807) is 12.1 Å². The predicted octanol–water partition coefficient (Wildman–Crippen LogP) is 3.34. The Morgan fingerprint density at radius 3 is 2.55 bits per heavy atom. The molecule has 0 saturated carbocycles. The lowest BCUT2D eigenvalue weighted by Crippen LogP contribution is -2.36. The molecular weight excluding hydrogens is 281 g/mol. The van der Waals surface area contributed by atoms with Crippen LogP contribution in [0.1, 0.15) is 18.9 Å². The Morgan fingerprint density at radius 2 is 1.82 bits per heavy atom. The van der Waals surface area contributed by atoms with Gasteiger partial charge in [0.05, 0.1) is 0 Å². The summed E-state index contributed by atoms with van der Waals surface area (Å²) in [7, 11) is 0. The molecule has 0 aliphatic carbocycles. The van der Waals surface area contributed by atoms with Crippen molar-refractivity contribution in [1.29, 1.82) is 0 Å². The van der Waals surface area contributed by atoms with Crippen molar-refractivity contribution in [2.75, 3.05) is 6.61 Å². The van der Waals surface area contributed by atoms with Gasteiger partial charge >= 0.3 is 0 Å². The van der Waals surface area contributed by atoms with E-state index in [9.17, 15) is 9.18 Å². The number of hydrogen-bond donors (Lipinski definition) is 1. The van der Waals surface area contributed by atoms with E-state index in [1.807, 2.05) is 25.1 Å². The number of nitrogens with one attached hydrogen (secondary N) is 1. The van der Waals surface area contributed by atoms with Crippen LogP contribution in [-0.2, 0) is 11.2 Å². The molecule has 116 valence electrons. The van der Waals surface area contributed by atoms with Gasteiger partial charge in [-0.05, 0) is 37.5 Å².